The van der Waals surface area contributed by atoms with Crippen LogP contribution in [0.1, 0.15) is 81.7 Å². The van der Waals surface area contributed by atoms with Gasteiger partial charge in [-0.25, -0.2) is 4.79 Å². The number of nitrogens with zero attached hydrogens (tertiary/aromatic N) is 1. The third kappa shape index (κ3) is 9.83. The number of nitrogens with one attached hydrogen (secondary N) is 2. The number of aromatic hydroxyl groups is 1. The molecule has 3 N–H and O–H groups in total. The highest BCUT2D eigenvalue weighted by Crippen LogP contribution is 2.30. The third-order valence-corrected chi connectivity index (χ3v) is 8.42. The van der Waals surface area contributed by atoms with Crippen LogP contribution in [0.3, 0.4) is 0 Å². The van der Waals surface area contributed by atoms with Gasteiger partial charge in [-0.1, -0.05) is 86.8 Å². The Morgan fingerprint density at radius 1 is 0.854 bits per heavy atom. The van der Waals surface area contributed by atoms with Crippen LogP contribution in [-0.4, -0.2) is 46.1 Å². The van der Waals surface area contributed by atoms with Crippen LogP contribution in [0, 0.1) is 13.8 Å². The van der Waals surface area contributed by atoms with Gasteiger partial charge in [0.2, 0.25) is 5.91 Å². The van der Waals surface area contributed by atoms with Gasteiger partial charge >= 0.3 is 6.09 Å². The largest absolute Gasteiger partial charge is 0.508 e. The summed E-state index contributed by atoms with van der Waals surface area (Å²) in [6.07, 6.45) is 2.98. The number of carbonyl (C=O) groups is 3. The van der Waals surface area contributed by atoms with E-state index in [0.717, 1.165) is 52.3 Å². The highest BCUT2D eigenvalue weighted by molar-refractivity contribution is 6.00. The zero-order valence-corrected chi connectivity index (χ0v) is 29.0. The lowest BCUT2D eigenvalue weighted by atomic mass is 9.94. The Labute approximate surface area is 284 Å². The normalized spacial score (nSPS) is 12.6. The number of phenols is 1. The van der Waals surface area contributed by atoms with E-state index in [1.165, 1.54) is 0 Å². The number of carbonyl (C=O) groups excluding carboxylic acids is 3. The molecule has 0 aromatic heterocycles. The first kappa shape index (κ1) is 36.0. The SMILES string of the molecule is CCCCCCN(C(=O)C(Cc1ccc(O)cc1)NC(=O)OC(C)(C)C)C(C(=O)Nc1ccc2ccccc2c1)c1cccc(C)c1C. The van der Waals surface area contributed by atoms with Crippen LogP contribution in [0.4, 0.5) is 10.5 Å². The van der Waals surface area contributed by atoms with E-state index in [-0.39, 0.29) is 18.1 Å². The molecule has 0 saturated heterocycles. The molecule has 4 aromatic rings. The van der Waals surface area contributed by atoms with E-state index in [2.05, 4.69) is 17.6 Å². The molecule has 2 atom stereocenters. The number of alkyl carbamates (subject to hydrolysis) is 1. The van der Waals surface area contributed by atoms with Gasteiger partial charge in [0.25, 0.3) is 5.91 Å². The molecule has 0 fully saturated rings. The molecule has 4 rings (SSSR count). The number of hydrogen-bond donors (Lipinski definition) is 3. The second kappa shape index (κ2) is 16.3. The molecule has 0 bridgehead atoms. The van der Waals surface area contributed by atoms with Crippen molar-refractivity contribution in [3.05, 3.63) is 107 Å². The minimum atomic E-state index is -1.04. The van der Waals surface area contributed by atoms with Gasteiger partial charge in [0, 0.05) is 18.7 Å². The van der Waals surface area contributed by atoms with E-state index >= 15 is 0 Å². The molecule has 8 nitrogen and oxygen atoms in total. The number of unbranched alkanes of at least 4 members (excludes halogenated alkanes) is 3. The summed E-state index contributed by atoms with van der Waals surface area (Å²) in [6, 6.07) is 24.0. The fourth-order valence-electron chi connectivity index (χ4n) is 5.79. The topological polar surface area (TPSA) is 108 Å². The first-order valence-corrected chi connectivity index (χ1v) is 16.8. The highest BCUT2D eigenvalue weighted by atomic mass is 16.6. The van der Waals surface area contributed by atoms with Crippen molar-refractivity contribution in [3.63, 3.8) is 0 Å². The summed E-state index contributed by atoms with van der Waals surface area (Å²) < 4.78 is 5.57. The number of benzene rings is 4. The molecule has 0 spiro atoms. The van der Waals surface area contributed by atoms with E-state index in [4.69, 9.17) is 4.74 Å². The lowest BCUT2D eigenvalue weighted by Crippen LogP contribution is -2.53. The monoisotopic (exact) mass is 651 g/mol. The highest BCUT2D eigenvalue weighted by Gasteiger charge is 2.37. The number of aryl methyl sites for hydroxylation is 1. The summed E-state index contributed by atoms with van der Waals surface area (Å²) in [5.41, 5.74) is 3.21. The summed E-state index contributed by atoms with van der Waals surface area (Å²) in [4.78, 5) is 44.1. The molecule has 8 heteroatoms. The van der Waals surface area contributed by atoms with Gasteiger partial charge in [0.15, 0.2) is 0 Å². The van der Waals surface area contributed by atoms with E-state index in [9.17, 15) is 19.5 Å². The van der Waals surface area contributed by atoms with Crippen molar-refractivity contribution in [2.45, 2.75) is 91.3 Å². The van der Waals surface area contributed by atoms with Crippen LogP contribution < -0.4 is 10.6 Å². The summed E-state index contributed by atoms with van der Waals surface area (Å²) in [7, 11) is 0. The van der Waals surface area contributed by atoms with Gasteiger partial charge in [-0.05, 0) is 98.3 Å². The number of rotatable bonds is 13. The van der Waals surface area contributed by atoms with Crippen molar-refractivity contribution in [1.82, 2.24) is 10.2 Å². The molecule has 0 aliphatic heterocycles. The summed E-state index contributed by atoms with van der Waals surface area (Å²) in [5.74, 6) is -0.645. The van der Waals surface area contributed by atoms with Crippen LogP contribution in [-0.2, 0) is 20.7 Å². The molecule has 0 saturated carbocycles. The van der Waals surface area contributed by atoms with Crippen LogP contribution >= 0.6 is 0 Å². The van der Waals surface area contributed by atoms with Gasteiger partial charge in [0.05, 0.1) is 0 Å². The van der Waals surface area contributed by atoms with E-state index in [0.29, 0.717) is 18.7 Å². The molecule has 0 aliphatic rings. The van der Waals surface area contributed by atoms with Gasteiger partial charge < -0.3 is 25.4 Å². The fourth-order valence-corrected chi connectivity index (χ4v) is 5.79. The standard InChI is InChI=1S/C40H49N3O5/c1-7-8-9-12-24-43(38(46)35(42-39(47)48-40(4,5)6)25-29-18-22-33(44)23-19-29)36(34-17-13-14-27(2)28(34)3)37(45)41-32-21-20-30-15-10-11-16-31(30)26-32/h10-11,13-23,26,35-36,44H,7-9,12,24-25H2,1-6H3,(H,41,45)(H,42,47). The number of hydrogen-bond acceptors (Lipinski definition) is 5. The Balaban J connectivity index is 1.79. The van der Waals surface area contributed by atoms with Gasteiger partial charge in [-0.15, -0.1) is 0 Å². The Bertz CT molecular complexity index is 1710. The smallest absolute Gasteiger partial charge is 0.408 e. The van der Waals surface area contributed by atoms with Crippen LogP contribution in [0.15, 0.2) is 84.9 Å². The Hall–Kier alpha value is -4.85. The molecule has 3 amide bonds. The maximum absolute atomic E-state index is 14.8. The zero-order chi connectivity index (χ0) is 34.8. The molecule has 4 aromatic carbocycles. The second-order valence-electron chi connectivity index (χ2n) is 13.4. The molecule has 2 unspecified atom stereocenters. The van der Waals surface area contributed by atoms with Crippen LogP contribution in [0.25, 0.3) is 10.8 Å². The Morgan fingerprint density at radius 2 is 1.56 bits per heavy atom. The molecular weight excluding hydrogens is 602 g/mol. The summed E-state index contributed by atoms with van der Waals surface area (Å²) in [6.45, 7) is 11.7. The number of amides is 3. The predicted molar refractivity (Wildman–Crippen MR) is 192 cm³/mol. The Morgan fingerprint density at radius 3 is 2.25 bits per heavy atom. The minimum Gasteiger partial charge on any atom is -0.508 e. The molecule has 254 valence electrons. The minimum absolute atomic E-state index is 0.0969. The lowest BCUT2D eigenvalue weighted by Gasteiger charge is -2.35. The lowest BCUT2D eigenvalue weighted by molar-refractivity contribution is -0.140. The van der Waals surface area contributed by atoms with Gasteiger partial charge in [0.1, 0.15) is 23.4 Å². The van der Waals surface area contributed by atoms with Crippen molar-refractivity contribution >= 4 is 34.4 Å². The fraction of sp³-hybridized carbons (Fsp3) is 0.375. The molecule has 0 heterocycles. The molecule has 0 radical (unpaired) electrons. The van der Waals surface area contributed by atoms with Crippen molar-refractivity contribution in [2.75, 3.05) is 11.9 Å². The number of phenolic OH excluding ortho intramolecular Hbond substituents is 1. The average Bonchev–Trinajstić information content (AvgIpc) is 3.03. The van der Waals surface area contributed by atoms with Crippen molar-refractivity contribution in [2.24, 2.45) is 0 Å². The van der Waals surface area contributed by atoms with Gasteiger partial charge in [-0.2, -0.15) is 0 Å². The van der Waals surface area contributed by atoms with Crippen molar-refractivity contribution in [3.8, 4) is 5.75 Å². The third-order valence-electron chi connectivity index (χ3n) is 8.42. The number of fused-ring (bicyclic) bond motifs is 1. The second-order valence-corrected chi connectivity index (χ2v) is 13.4. The van der Waals surface area contributed by atoms with E-state index < -0.39 is 29.7 Å². The van der Waals surface area contributed by atoms with Crippen LogP contribution in [0.5, 0.6) is 5.75 Å². The maximum atomic E-state index is 14.8. The quantitative estimate of drug-likeness (QED) is 0.126. The van der Waals surface area contributed by atoms with Crippen LogP contribution in [0.2, 0.25) is 0 Å². The van der Waals surface area contributed by atoms with E-state index in [1.807, 2.05) is 74.5 Å². The first-order chi connectivity index (χ1) is 22.9. The van der Waals surface area contributed by atoms with E-state index in [1.54, 1.807) is 49.9 Å². The Kier molecular flexibility index (Phi) is 12.2. The predicted octanol–water partition coefficient (Wildman–Crippen LogP) is 8.39. The average molecular weight is 652 g/mol. The van der Waals surface area contributed by atoms with Gasteiger partial charge in [-0.3, -0.25) is 9.59 Å². The van der Waals surface area contributed by atoms with Crippen molar-refractivity contribution < 1.29 is 24.2 Å². The maximum Gasteiger partial charge on any atom is 0.408 e. The summed E-state index contributed by atoms with van der Waals surface area (Å²) in [5, 5.41) is 17.8. The molecule has 0 aliphatic carbocycles. The summed E-state index contributed by atoms with van der Waals surface area (Å²) >= 11 is 0. The molecular formula is C40H49N3O5. The number of anilines is 1. The zero-order valence-electron chi connectivity index (χ0n) is 29.0. The first-order valence-electron chi connectivity index (χ1n) is 16.8. The number of ether oxygens (including phenoxy) is 1. The molecule has 48 heavy (non-hydrogen) atoms. The van der Waals surface area contributed by atoms with Crippen molar-refractivity contribution in [1.29, 1.82) is 0 Å².